The van der Waals surface area contributed by atoms with Crippen molar-refractivity contribution >= 4 is 34.1 Å². The lowest BCUT2D eigenvalue weighted by atomic mass is 10.1. The molecule has 1 amide bonds. The molecular formula is C11H10IN3O2. The summed E-state index contributed by atoms with van der Waals surface area (Å²) < 4.78 is 2.93. The van der Waals surface area contributed by atoms with E-state index in [9.17, 15) is 9.90 Å². The minimum Gasteiger partial charge on any atom is -0.389 e. The maximum Gasteiger partial charge on any atom is 0.254 e. The molecule has 0 bridgehead atoms. The zero-order valence-electron chi connectivity index (χ0n) is 8.88. The van der Waals surface area contributed by atoms with Crippen LogP contribution < -0.4 is 0 Å². The number of carbonyl (C=O) groups excluding carboxylic acids is 1. The first-order valence-corrected chi connectivity index (χ1v) is 6.33. The molecule has 0 atom stereocenters. The van der Waals surface area contributed by atoms with Crippen LogP contribution in [0.3, 0.4) is 0 Å². The molecule has 0 saturated carbocycles. The Kier molecular flexibility index (Phi) is 2.55. The number of amides is 1. The van der Waals surface area contributed by atoms with E-state index in [2.05, 4.69) is 27.6 Å². The van der Waals surface area contributed by atoms with Crippen LogP contribution in [0.5, 0.6) is 0 Å². The summed E-state index contributed by atoms with van der Waals surface area (Å²) in [6.45, 7) is 0.853. The number of imidazole rings is 1. The number of hydrogen-bond acceptors (Lipinski definition) is 3. The number of likely N-dealkylation sites (tertiary alicyclic amines) is 1. The van der Waals surface area contributed by atoms with E-state index in [0.717, 1.165) is 9.35 Å². The molecule has 5 nitrogen and oxygen atoms in total. The van der Waals surface area contributed by atoms with Crippen molar-refractivity contribution in [3.63, 3.8) is 0 Å². The normalized spacial score (nSPS) is 16.2. The van der Waals surface area contributed by atoms with Gasteiger partial charge in [0.05, 0.1) is 12.3 Å². The van der Waals surface area contributed by atoms with E-state index < -0.39 is 0 Å². The number of aromatic nitrogens is 2. The van der Waals surface area contributed by atoms with E-state index in [4.69, 9.17) is 0 Å². The summed E-state index contributed by atoms with van der Waals surface area (Å²) in [6, 6.07) is 3.55. The van der Waals surface area contributed by atoms with Crippen LogP contribution >= 0.6 is 22.6 Å². The van der Waals surface area contributed by atoms with E-state index in [-0.39, 0.29) is 12.0 Å². The second-order valence-electron chi connectivity index (χ2n) is 4.09. The molecule has 3 heterocycles. The molecule has 0 radical (unpaired) electrons. The van der Waals surface area contributed by atoms with Crippen LogP contribution in [-0.4, -0.2) is 44.5 Å². The fourth-order valence-corrected chi connectivity index (χ4v) is 2.43. The molecule has 0 aliphatic carbocycles. The first kappa shape index (κ1) is 11.0. The number of hydrogen-bond donors (Lipinski definition) is 1. The number of rotatable bonds is 1. The molecule has 88 valence electrons. The predicted molar refractivity (Wildman–Crippen MR) is 69.8 cm³/mol. The van der Waals surface area contributed by atoms with E-state index >= 15 is 0 Å². The van der Waals surface area contributed by atoms with Crippen LogP contribution in [0.15, 0.2) is 24.5 Å². The smallest absolute Gasteiger partial charge is 0.254 e. The highest BCUT2D eigenvalue weighted by Gasteiger charge is 2.29. The van der Waals surface area contributed by atoms with E-state index in [1.807, 2.05) is 10.6 Å². The maximum atomic E-state index is 12.0. The van der Waals surface area contributed by atoms with E-state index in [0.29, 0.717) is 18.7 Å². The Balaban J connectivity index is 1.92. The Morgan fingerprint density at radius 3 is 3.00 bits per heavy atom. The van der Waals surface area contributed by atoms with Gasteiger partial charge in [0.1, 0.15) is 9.35 Å². The Hall–Kier alpha value is -1.15. The number of pyridine rings is 1. The first-order chi connectivity index (χ1) is 8.15. The molecule has 6 heteroatoms. The zero-order chi connectivity index (χ0) is 12.0. The molecule has 1 saturated heterocycles. The van der Waals surface area contributed by atoms with Crippen molar-refractivity contribution < 1.29 is 9.90 Å². The third-order valence-electron chi connectivity index (χ3n) is 2.86. The van der Waals surface area contributed by atoms with Crippen molar-refractivity contribution in [3.05, 3.63) is 33.8 Å². The monoisotopic (exact) mass is 343 g/mol. The highest BCUT2D eigenvalue weighted by Crippen LogP contribution is 2.16. The lowest BCUT2D eigenvalue weighted by molar-refractivity contribution is 0.00589. The summed E-state index contributed by atoms with van der Waals surface area (Å²) in [6.07, 6.45) is 3.24. The Bertz CT molecular complexity index is 589. The van der Waals surface area contributed by atoms with Crippen molar-refractivity contribution in [2.24, 2.45) is 0 Å². The lowest BCUT2D eigenvalue weighted by Gasteiger charge is -2.35. The van der Waals surface area contributed by atoms with Crippen molar-refractivity contribution in [2.45, 2.75) is 6.10 Å². The maximum absolute atomic E-state index is 12.0. The third-order valence-corrected chi connectivity index (χ3v) is 3.66. The molecule has 0 aromatic carbocycles. The van der Waals surface area contributed by atoms with Crippen LogP contribution in [0.1, 0.15) is 10.4 Å². The number of aliphatic hydroxyl groups excluding tert-OH is 1. The molecule has 1 N–H and O–H groups in total. The molecule has 2 aromatic rings. The molecule has 2 aromatic heterocycles. The lowest BCUT2D eigenvalue weighted by Crippen LogP contribution is -2.53. The summed E-state index contributed by atoms with van der Waals surface area (Å²) in [4.78, 5) is 17.8. The molecule has 1 aliphatic rings. The number of aliphatic hydroxyl groups is 1. The second-order valence-corrected chi connectivity index (χ2v) is 5.19. The summed E-state index contributed by atoms with van der Waals surface area (Å²) >= 11 is 2.19. The molecule has 0 spiro atoms. The third kappa shape index (κ3) is 1.81. The Labute approximate surface area is 111 Å². The summed E-state index contributed by atoms with van der Waals surface area (Å²) in [5.41, 5.74) is 1.38. The second kappa shape index (κ2) is 3.95. The highest BCUT2D eigenvalue weighted by atomic mass is 127. The number of β-amino-alcohol motifs (C(OH)–C–C–N with tert-alkyl or cyclic N) is 1. The van der Waals surface area contributed by atoms with Crippen molar-refractivity contribution in [1.82, 2.24) is 14.3 Å². The summed E-state index contributed by atoms with van der Waals surface area (Å²) in [5, 5.41) is 9.18. The number of nitrogens with zero attached hydrogens (tertiary/aromatic N) is 3. The average molecular weight is 343 g/mol. The van der Waals surface area contributed by atoms with Crippen LogP contribution in [-0.2, 0) is 0 Å². The van der Waals surface area contributed by atoms with Gasteiger partial charge >= 0.3 is 0 Å². The summed E-state index contributed by atoms with van der Waals surface area (Å²) in [5.74, 6) is -0.0455. The molecule has 17 heavy (non-hydrogen) atoms. The van der Waals surface area contributed by atoms with Crippen LogP contribution in [0, 0.1) is 3.70 Å². The predicted octanol–water partition coefficient (Wildman–Crippen LogP) is 0.756. The minimum atomic E-state index is -0.366. The number of carbonyl (C=O) groups is 1. The van der Waals surface area contributed by atoms with Gasteiger partial charge in [0.25, 0.3) is 5.91 Å². The van der Waals surface area contributed by atoms with Crippen LogP contribution in [0.2, 0.25) is 0 Å². The van der Waals surface area contributed by atoms with Crippen LogP contribution in [0.25, 0.3) is 5.65 Å². The van der Waals surface area contributed by atoms with Gasteiger partial charge in [0, 0.05) is 24.8 Å². The van der Waals surface area contributed by atoms with E-state index in [1.54, 1.807) is 23.2 Å². The van der Waals surface area contributed by atoms with Crippen LogP contribution in [0.4, 0.5) is 0 Å². The van der Waals surface area contributed by atoms with Gasteiger partial charge in [0.15, 0.2) is 0 Å². The summed E-state index contributed by atoms with van der Waals surface area (Å²) in [7, 11) is 0. The van der Waals surface area contributed by atoms with Gasteiger partial charge in [-0.3, -0.25) is 9.20 Å². The van der Waals surface area contributed by atoms with Gasteiger partial charge in [0.2, 0.25) is 0 Å². The van der Waals surface area contributed by atoms with Crippen molar-refractivity contribution in [1.29, 1.82) is 0 Å². The van der Waals surface area contributed by atoms with Gasteiger partial charge in [-0.05, 0) is 34.7 Å². The van der Waals surface area contributed by atoms with E-state index in [1.165, 1.54) is 0 Å². The molecular weight excluding hydrogens is 333 g/mol. The molecule has 1 fully saturated rings. The molecule has 3 rings (SSSR count). The average Bonchev–Trinajstić information content (AvgIpc) is 2.66. The van der Waals surface area contributed by atoms with Gasteiger partial charge in [-0.1, -0.05) is 0 Å². The zero-order valence-corrected chi connectivity index (χ0v) is 11.0. The first-order valence-electron chi connectivity index (χ1n) is 5.25. The van der Waals surface area contributed by atoms with Gasteiger partial charge < -0.3 is 10.0 Å². The topological polar surface area (TPSA) is 57.8 Å². The number of fused-ring (bicyclic) bond motifs is 1. The minimum absolute atomic E-state index is 0.0455. The Morgan fingerprint density at radius 2 is 2.29 bits per heavy atom. The molecule has 0 unspecified atom stereocenters. The largest absolute Gasteiger partial charge is 0.389 e. The van der Waals surface area contributed by atoms with Gasteiger partial charge in [-0.2, -0.15) is 0 Å². The van der Waals surface area contributed by atoms with Gasteiger partial charge in [-0.15, -0.1) is 0 Å². The quantitative estimate of drug-likeness (QED) is 0.778. The van der Waals surface area contributed by atoms with Crippen molar-refractivity contribution in [3.8, 4) is 0 Å². The standard InChI is InChI=1S/C11H10IN3O2/c12-9-4-13-10-3-7(1-2-15(9)10)11(17)14-5-8(16)6-14/h1-4,8,16H,5-6H2. The fourth-order valence-electron chi connectivity index (χ4n) is 1.89. The highest BCUT2D eigenvalue weighted by molar-refractivity contribution is 14.1. The number of halogens is 1. The SMILES string of the molecule is O=C(c1ccn2c(I)cnc2c1)N1CC(O)C1. The fraction of sp³-hybridized carbons (Fsp3) is 0.273. The Morgan fingerprint density at radius 1 is 1.53 bits per heavy atom. The van der Waals surface area contributed by atoms with Crippen molar-refractivity contribution in [2.75, 3.05) is 13.1 Å². The molecule has 1 aliphatic heterocycles. The van der Waals surface area contributed by atoms with Gasteiger partial charge in [-0.25, -0.2) is 4.98 Å².